The number of fused-ring (bicyclic) bond motifs is 1. The summed E-state index contributed by atoms with van der Waals surface area (Å²) in [6.45, 7) is 7.28. The third kappa shape index (κ3) is 5.73. The molecule has 1 saturated heterocycles. The monoisotopic (exact) mass is 548 g/mol. The summed E-state index contributed by atoms with van der Waals surface area (Å²) >= 11 is 1.51. The van der Waals surface area contributed by atoms with Gasteiger partial charge in [-0.05, 0) is 49.4 Å². The summed E-state index contributed by atoms with van der Waals surface area (Å²) in [6.07, 6.45) is 4.21. The quantitative estimate of drug-likeness (QED) is 0.236. The summed E-state index contributed by atoms with van der Waals surface area (Å²) in [5.74, 6) is -0.243. The molecule has 202 valence electrons. The van der Waals surface area contributed by atoms with E-state index in [-0.39, 0.29) is 5.91 Å². The van der Waals surface area contributed by atoms with Gasteiger partial charge in [-0.25, -0.2) is 15.0 Å². The number of benzene rings is 2. The predicted molar refractivity (Wildman–Crippen MR) is 164 cm³/mol. The highest BCUT2D eigenvalue weighted by Gasteiger charge is 2.21. The van der Waals surface area contributed by atoms with Crippen LogP contribution in [0.5, 0.6) is 0 Å². The number of thiazole rings is 1. The van der Waals surface area contributed by atoms with Crippen LogP contribution in [0.15, 0.2) is 85.1 Å². The van der Waals surface area contributed by atoms with Gasteiger partial charge < -0.3 is 10.2 Å². The second kappa shape index (κ2) is 11.9. The zero-order valence-electron chi connectivity index (χ0n) is 22.6. The summed E-state index contributed by atoms with van der Waals surface area (Å²) in [6, 6.07) is 25.7. The first-order valence-electron chi connectivity index (χ1n) is 13.8. The highest BCUT2D eigenvalue weighted by molar-refractivity contribution is 7.21. The summed E-state index contributed by atoms with van der Waals surface area (Å²) in [4.78, 5) is 33.5. The first kappa shape index (κ1) is 26.1. The van der Waals surface area contributed by atoms with E-state index in [9.17, 15) is 4.79 Å². The van der Waals surface area contributed by atoms with Crippen LogP contribution in [0.2, 0.25) is 0 Å². The Bertz CT molecular complexity index is 1580. The van der Waals surface area contributed by atoms with Crippen LogP contribution in [0.4, 0.5) is 11.4 Å². The van der Waals surface area contributed by atoms with Crippen molar-refractivity contribution >= 4 is 39.0 Å². The summed E-state index contributed by atoms with van der Waals surface area (Å²) in [5, 5.41) is 3.94. The molecule has 0 aliphatic carbocycles. The maximum Gasteiger partial charge on any atom is 0.274 e. The minimum atomic E-state index is -0.243. The van der Waals surface area contributed by atoms with Gasteiger partial charge in [0.15, 0.2) is 0 Å². The number of piperazine rings is 1. The van der Waals surface area contributed by atoms with Crippen LogP contribution < -0.4 is 10.2 Å². The van der Waals surface area contributed by atoms with Gasteiger partial charge in [0.1, 0.15) is 21.0 Å². The number of para-hydroxylation sites is 1. The summed E-state index contributed by atoms with van der Waals surface area (Å²) in [7, 11) is 0. The number of hydrogen-bond donors (Lipinski definition) is 1. The number of rotatable bonds is 8. The lowest BCUT2D eigenvalue weighted by Crippen LogP contribution is -2.46. The van der Waals surface area contributed by atoms with Crippen molar-refractivity contribution in [3.63, 3.8) is 0 Å². The summed E-state index contributed by atoms with van der Waals surface area (Å²) in [5.41, 5.74) is 5.61. The lowest BCUT2D eigenvalue weighted by atomic mass is 10.1. The van der Waals surface area contributed by atoms with E-state index in [0.29, 0.717) is 11.4 Å². The Balaban J connectivity index is 1.30. The molecule has 5 aromatic rings. The van der Waals surface area contributed by atoms with Crippen LogP contribution in [0, 0.1) is 0 Å². The van der Waals surface area contributed by atoms with Gasteiger partial charge in [0.05, 0.1) is 11.4 Å². The minimum Gasteiger partial charge on any atom is -0.369 e. The van der Waals surface area contributed by atoms with Crippen molar-refractivity contribution in [3.8, 4) is 21.8 Å². The van der Waals surface area contributed by atoms with Gasteiger partial charge in [-0.15, -0.1) is 0 Å². The fraction of sp³-hybridized carbons (Fsp3) is 0.250. The molecule has 0 saturated carbocycles. The maximum absolute atomic E-state index is 13.7. The fourth-order valence-corrected chi connectivity index (χ4v) is 5.98. The Morgan fingerprint density at radius 3 is 2.52 bits per heavy atom. The van der Waals surface area contributed by atoms with Crippen LogP contribution in [-0.4, -0.2) is 58.5 Å². The van der Waals surface area contributed by atoms with Crippen LogP contribution >= 0.6 is 11.3 Å². The van der Waals surface area contributed by atoms with Crippen LogP contribution in [0.25, 0.3) is 32.2 Å². The number of nitrogens with one attached hydrogen (secondary N) is 1. The molecular weight excluding hydrogens is 516 g/mol. The van der Waals surface area contributed by atoms with Gasteiger partial charge in [-0.2, -0.15) is 0 Å². The van der Waals surface area contributed by atoms with Crippen molar-refractivity contribution in [1.82, 2.24) is 19.9 Å². The van der Waals surface area contributed by atoms with Gasteiger partial charge in [-0.1, -0.05) is 67.1 Å². The molecule has 0 atom stereocenters. The number of anilines is 2. The Hall–Kier alpha value is -4.14. The molecule has 2 aromatic carbocycles. The average molecular weight is 549 g/mol. The van der Waals surface area contributed by atoms with Gasteiger partial charge in [-0.3, -0.25) is 9.69 Å². The van der Waals surface area contributed by atoms with Gasteiger partial charge in [0.2, 0.25) is 0 Å². The number of carbonyl (C=O) groups excluding carboxylic acids is 1. The Kier molecular flexibility index (Phi) is 7.79. The van der Waals surface area contributed by atoms with E-state index >= 15 is 0 Å². The van der Waals surface area contributed by atoms with E-state index in [2.05, 4.69) is 33.1 Å². The number of pyridine rings is 2. The van der Waals surface area contributed by atoms with Crippen LogP contribution in [-0.2, 0) is 0 Å². The molecule has 1 fully saturated rings. The molecular formula is C32H32N6OS. The van der Waals surface area contributed by atoms with Crippen molar-refractivity contribution in [2.24, 2.45) is 0 Å². The largest absolute Gasteiger partial charge is 0.369 e. The molecule has 1 N–H and O–H groups in total. The molecule has 40 heavy (non-hydrogen) atoms. The highest BCUT2D eigenvalue weighted by atomic mass is 32.1. The molecule has 1 amide bonds. The topological polar surface area (TPSA) is 74.2 Å². The third-order valence-corrected chi connectivity index (χ3v) is 8.26. The van der Waals surface area contributed by atoms with Crippen molar-refractivity contribution in [2.45, 2.75) is 19.8 Å². The third-order valence-electron chi connectivity index (χ3n) is 7.25. The van der Waals surface area contributed by atoms with Crippen molar-refractivity contribution < 1.29 is 4.79 Å². The van der Waals surface area contributed by atoms with Gasteiger partial charge >= 0.3 is 0 Å². The number of nitrogens with zero attached hydrogens (tertiary/aromatic N) is 5. The Morgan fingerprint density at radius 1 is 0.925 bits per heavy atom. The molecule has 0 bridgehead atoms. The van der Waals surface area contributed by atoms with Crippen molar-refractivity contribution in [3.05, 3.63) is 90.8 Å². The number of amides is 1. The molecule has 4 heterocycles. The van der Waals surface area contributed by atoms with E-state index in [0.717, 1.165) is 70.6 Å². The minimum absolute atomic E-state index is 0.243. The average Bonchev–Trinajstić information content (AvgIpc) is 3.45. The Morgan fingerprint density at radius 2 is 1.73 bits per heavy atom. The molecule has 3 aromatic heterocycles. The van der Waals surface area contributed by atoms with Crippen molar-refractivity contribution in [1.29, 1.82) is 0 Å². The summed E-state index contributed by atoms with van der Waals surface area (Å²) < 4.78 is 0. The number of unbranched alkanes of at least 4 members (excludes halogenated alkanes) is 1. The molecule has 7 nitrogen and oxygen atoms in total. The van der Waals surface area contributed by atoms with Gasteiger partial charge in [0, 0.05) is 49.2 Å². The fourth-order valence-electron chi connectivity index (χ4n) is 5.03. The molecule has 0 unspecified atom stereocenters. The SMILES string of the molecule is CCCCN1CCN(c2cc(C(=O)Nc3ccccc3-c3nc4cccnc4s3)nc(-c3ccccc3)c2)CC1. The van der Waals surface area contributed by atoms with E-state index < -0.39 is 0 Å². The standard InChI is InChI=1S/C32H32N6OS/c1-2-3-16-37-17-19-38(20-18-37)24-21-28(23-10-5-4-6-11-23)34-29(22-24)30(39)35-26-13-8-7-12-25(26)31-36-27-14-9-15-33-32(27)40-31/h4-15,21-22H,2-3,16-20H2,1H3,(H,35,39). The normalized spacial score (nSPS) is 14.0. The zero-order valence-corrected chi connectivity index (χ0v) is 23.4. The Labute approximate surface area is 238 Å². The van der Waals surface area contributed by atoms with Crippen LogP contribution in [0.3, 0.4) is 0 Å². The number of hydrogen-bond acceptors (Lipinski definition) is 7. The lowest BCUT2D eigenvalue weighted by Gasteiger charge is -2.36. The second-order valence-electron chi connectivity index (χ2n) is 9.99. The molecule has 8 heteroatoms. The molecule has 0 spiro atoms. The van der Waals surface area contributed by atoms with Crippen molar-refractivity contribution in [2.75, 3.05) is 42.9 Å². The van der Waals surface area contributed by atoms with E-state index in [1.165, 1.54) is 24.2 Å². The first-order valence-corrected chi connectivity index (χ1v) is 14.7. The predicted octanol–water partition coefficient (Wildman–Crippen LogP) is 6.59. The van der Waals surface area contributed by atoms with E-state index in [1.807, 2.05) is 72.8 Å². The van der Waals surface area contributed by atoms with E-state index in [4.69, 9.17) is 9.97 Å². The first-order chi connectivity index (χ1) is 19.7. The lowest BCUT2D eigenvalue weighted by molar-refractivity contribution is 0.102. The highest BCUT2D eigenvalue weighted by Crippen LogP contribution is 2.34. The van der Waals surface area contributed by atoms with Gasteiger partial charge in [0.25, 0.3) is 5.91 Å². The van der Waals surface area contributed by atoms with Crippen LogP contribution in [0.1, 0.15) is 30.3 Å². The smallest absolute Gasteiger partial charge is 0.274 e. The zero-order chi connectivity index (χ0) is 27.3. The number of carbonyl (C=O) groups is 1. The second-order valence-corrected chi connectivity index (χ2v) is 11.0. The molecule has 1 aliphatic rings. The van der Waals surface area contributed by atoms with E-state index in [1.54, 1.807) is 6.20 Å². The number of aromatic nitrogens is 3. The molecule has 6 rings (SSSR count). The molecule has 1 aliphatic heterocycles. The maximum atomic E-state index is 13.7. The molecule has 0 radical (unpaired) electrons.